The minimum Gasteiger partial charge on any atom is -0.478 e. The van der Waals surface area contributed by atoms with E-state index in [9.17, 15) is 9.59 Å². The van der Waals surface area contributed by atoms with Crippen molar-refractivity contribution in [3.8, 4) is 0 Å². The standard InChI is InChI=1S/C14H11IN2O3S/c15-9-1-2-12(11(7-9)14(19)20)17-13(18)8-21-10-3-5-16-6-4-10/h1-7H,8H2,(H,17,18)(H,19,20). The molecule has 108 valence electrons. The van der Waals surface area contributed by atoms with Crippen LogP contribution >= 0.6 is 34.4 Å². The van der Waals surface area contributed by atoms with Gasteiger partial charge in [-0.05, 0) is 52.9 Å². The van der Waals surface area contributed by atoms with E-state index in [2.05, 4.69) is 10.3 Å². The van der Waals surface area contributed by atoms with E-state index in [1.165, 1.54) is 17.8 Å². The molecule has 2 aromatic rings. The lowest BCUT2D eigenvalue weighted by Gasteiger charge is -2.08. The number of amides is 1. The van der Waals surface area contributed by atoms with E-state index in [1.54, 1.807) is 24.5 Å². The molecule has 7 heteroatoms. The van der Waals surface area contributed by atoms with Crippen LogP contribution in [0, 0.1) is 3.57 Å². The van der Waals surface area contributed by atoms with E-state index in [0.717, 1.165) is 8.47 Å². The molecule has 0 saturated carbocycles. The number of carboxylic acids is 1. The number of carboxylic acid groups (broad SMARTS) is 1. The fraction of sp³-hybridized carbons (Fsp3) is 0.0714. The average molecular weight is 414 g/mol. The number of carbonyl (C=O) groups is 2. The third-order valence-corrected chi connectivity index (χ3v) is 4.19. The molecule has 0 spiro atoms. The molecule has 5 nitrogen and oxygen atoms in total. The van der Waals surface area contributed by atoms with Crippen molar-refractivity contribution in [3.63, 3.8) is 0 Å². The van der Waals surface area contributed by atoms with Gasteiger partial charge in [0.15, 0.2) is 0 Å². The van der Waals surface area contributed by atoms with Crippen molar-refractivity contribution in [2.75, 3.05) is 11.1 Å². The summed E-state index contributed by atoms with van der Waals surface area (Å²) >= 11 is 3.39. The van der Waals surface area contributed by atoms with Crippen LogP contribution in [0.25, 0.3) is 0 Å². The maximum atomic E-state index is 11.9. The zero-order valence-electron chi connectivity index (χ0n) is 10.7. The first-order chi connectivity index (χ1) is 10.1. The van der Waals surface area contributed by atoms with Crippen LogP contribution in [0.3, 0.4) is 0 Å². The number of thioether (sulfide) groups is 1. The minimum atomic E-state index is -1.06. The van der Waals surface area contributed by atoms with E-state index < -0.39 is 5.97 Å². The third-order valence-electron chi connectivity index (χ3n) is 2.51. The summed E-state index contributed by atoms with van der Waals surface area (Å²) in [5.41, 5.74) is 0.396. The Kier molecular flexibility index (Phi) is 5.57. The summed E-state index contributed by atoms with van der Waals surface area (Å²) < 4.78 is 0.800. The molecule has 0 bridgehead atoms. The van der Waals surface area contributed by atoms with Crippen molar-refractivity contribution in [2.24, 2.45) is 0 Å². The number of pyridine rings is 1. The SMILES string of the molecule is O=C(CSc1ccncc1)Nc1ccc(I)cc1C(=O)O. The number of carbonyl (C=O) groups excluding carboxylic acids is 1. The largest absolute Gasteiger partial charge is 0.478 e. The maximum absolute atomic E-state index is 11.9. The number of hydrogen-bond donors (Lipinski definition) is 2. The lowest BCUT2D eigenvalue weighted by molar-refractivity contribution is -0.113. The van der Waals surface area contributed by atoms with E-state index in [-0.39, 0.29) is 17.2 Å². The Balaban J connectivity index is 2.01. The van der Waals surface area contributed by atoms with Crippen LogP contribution in [-0.4, -0.2) is 27.7 Å². The highest BCUT2D eigenvalue weighted by molar-refractivity contribution is 14.1. The fourth-order valence-electron chi connectivity index (χ4n) is 1.57. The van der Waals surface area contributed by atoms with Crippen LogP contribution < -0.4 is 5.32 Å². The molecule has 0 atom stereocenters. The summed E-state index contributed by atoms with van der Waals surface area (Å²) in [4.78, 5) is 27.9. The van der Waals surface area contributed by atoms with Gasteiger partial charge in [0.25, 0.3) is 0 Å². The van der Waals surface area contributed by atoms with Gasteiger partial charge in [0.1, 0.15) is 0 Å². The molecule has 1 amide bonds. The van der Waals surface area contributed by atoms with Crippen molar-refractivity contribution in [1.29, 1.82) is 0 Å². The molecule has 0 unspecified atom stereocenters. The van der Waals surface area contributed by atoms with Gasteiger partial charge in [0.05, 0.1) is 17.0 Å². The zero-order chi connectivity index (χ0) is 15.2. The molecule has 0 aliphatic heterocycles. The van der Waals surface area contributed by atoms with Crippen LogP contribution in [0.4, 0.5) is 5.69 Å². The second kappa shape index (κ2) is 7.41. The smallest absolute Gasteiger partial charge is 0.337 e. The number of anilines is 1. The van der Waals surface area contributed by atoms with Gasteiger partial charge in [0, 0.05) is 20.9 Å². The Bertz CT molecular complexity index is 665. The monoisotopic (exact) mass is 414 g/mol. The molecule has 0 radical (unpaired) electrons. The van der Waals surface area contributed by atoms with Crippen molar-refractivity contribution in [2.45, 2.75) is 4.90 Å². The van der Waals surface area contributed by atoms with Gasteiger partial charge in [-0.2, -0.15) is 0 Å². The lowest BCUT2D eigenvalue weighted by Crippen LogP contribution is -2.16. The predicted octanol–water partition coefficient (Wildman–Crippen LogP) is 3.12. The molecule has 0 saturated heterocycles. The summed E-state index contributed by atoms with van der Waals surface area (Å²) in [6.45, 7) is 0. The quantitative estimate of drug-likeness (QED) is 0.581. The highest BCUT2D eigenvalue weighted by Gasteiger charge is 2.13. The second-order valence-electron chi connectivity index (χ2n) is 4.01. The summed E-state index contributed by atoms with van der Waals surface area (Å²) in [7, 11) is 0. The average Bonchev–Trinajstić information content (AvgIpc) is 2.48. The van der Waals surface area contributed by atoms with E-state index in [1.807, 2.05) is 34.7 Å². The van der Waals surface area contributed by atoms with Gasteiger partial charge in [0.2, 0.25) is 5.91 Å². The maximum Gasteiger partial charge on any atom is 0.337 e. The highest BCUT2D eigenvalue weighted by atomic mass is 127. The number of rotatable bonds is 5. The molecular formula is C14H11IN2O3S. The number of halogens is 1. The van der Waals surface area contributed by atoms with Gasteiger partial charge in [-0.1, -0.05) is 0 Å². The molecule has 0 aliphatic rings. The minimum absolute atomic E-state index is 0.0872. The Morgan fingerprint density at radius 1 is 1.24 bits per heavy atom. The van der Waals surface area contributed by atoms with Gasteiger partial charge in [-0.15, -0.1) is 11.8 Å². The number of nitrogens with one attached hydrogen (secondary N) is 1. The lowest BCUT2D eigenvalue weighted by atomic mass is 10.2. The van der Waals surface area contributed by atoms with E-state index >= 15 is 0 Å². The van der Waals surface area contributed by atoms with Crippen molar-refractivity contribution in [1.82, 2.24) is 4.98 Å². The van der Waals surface area contributed by atoms with Gasteiger partial charge in [-0.25, -0.2) is 4.79 Å². The summed E-state index contributed by atoms with van der Waals surface area (Å²) in [6, 6.07) is 8.49. The van der Waals surface area contributed by atoms with Crippen molar-refractivity contribution in [3.05, 3.63) is 51.9 Å². The summed E-state index contributed by atoms with van der Waals surface area (Å²) in [5.74, 6) is -1.11. The van der Waals surface area contributed by atoms with Crippen LogP contribution in [0.5, 0.6) is 0 Å². The molecule has 0 fully saturated rings. The van der Waals surface area contributed by atoms with Crippen molar-refractivity contribution < 1.29 is 14.7 Å². The van der Waals surface area contributed by atoms with E-state index in [4.69, 9.17) is 5.11 Å². The number of hydrogen-bond acceptors (Lipinski definition) is 4. The number of aromatic nitrogens is 1. The fourth-order valence-corrected chi connectivity index (χ4v) is 2.75. The predicted molar refractivity (Wildman–Crippen MR) is 89.7 cm³/mol. The first-order valence-corrected chi connectivity index (χ1v) is 7.98. The van der Waals surface area contributed by atoms with Crippen LogP contribution in [-0.2, 0) is 4.79 Å². The first-order valence-electron chi connectivity index (χ1n) is 5.92. The number of aromatic carboxylic acids is 1. The number of nitrogens with zero attached hydrogens (tertiary/aromatic N) is 1. The van der Waals surface area contributed by atoms with Crippen molar-refractivity contribution >= 4 is 51.9 Å². The van der Waals surface area contributed by atoms with Crippen LogP contribution in [0.15, 0.2) is 47.6 Å². The van der Waals surface area contributed by atoms with Crippen LogP contribution in [0.1, 0.15) is 10.4 Å². The first kappa shape index (κ1) is 15.8. The molecule has 2 rings (SSSR count). The molecule has 2 N–H and O–H groups in total. The summed E-state index contributed by atoms with van der Waals surface area (Å²) in [5, 5.41) is 11.8. The van der Waals surface area contributed by atoms with Gasteiger partial charge in [-0.3, -0.25) is 9.78 Å². The molecule has 1 heterocycles. The van der Waals surface area contributed by atoms with Gasteiger partial charge >= 0.3 is 5.97 Å². The molecule has 21 heavy (non-hydrogen) atoms. The topological polar surface area (TPSA) is 79.3 Å². The second-order valence-corrected chi connectivity index (χ2v) is 6.31. The summed E-state index contributed by atoms with van der Waals surface area (Å²) in [6.07, 6.45) is 3.31. The normalized spacial score (nSPS) is 10.1. The van der Waals surface area contributed by atoms with Crippen LogP contribution in [0.2, 0.25) is 0 Å². The Morgan fingerprint density at radius 2 is 1.95 bits per heavy atom. The zero-order valence-corrected chi connectivity index (χ0v) is 13.7. The Morgan fingerprint density at radius 3 is 2.62 bits per heavy atom. The molecular weight excluding hydrogens is 403 g/mol. The Hall–Kier alpha value is -1.61. The Labute approximate surface area is 139 Å². The molecule has 0 aliphatic carbocycles. The van der Waals surface area contributed by atoms with Gasteiger partial charge < -0.3 is 10.4 Å². The number of benzene rings is 1. The molecule has 1 aromatic heterocycles. The highest BCUT2D eigenvalue weighted by Crippen LogP contribution is 2.20. The van der Waals surface area contributed by atoms with E-state index in [0.29, 0.717) is 5.69 Å². The third kappa shape index (κ3) is 4.71. The molecule has 1 aromatic carbocycles.